The number of azide groups is 1. The van der Waals surface area contributed by atoms with E-state index in [1.807, 2.05) is 36.4 Å². The zero-order chi connectivity index (χ0) is 13.6. The predicted molar refractivity (Wildman–Crippen MR) is 77.3 cm³/mol. The smallest absolute Gasteiger partial charge is 0.304 e. The molecule has 5 nitrogen and oxygen atoms in total. The molecule has 19 heavy (non-hydrogen) atoms. The standard InChI is InChI=1S/C13H12N3O2P/c1-19(16-15-14,17-12-8-4-2-5-9-12)18-13-10-6-3-7-11-13/h2-11H,1H2. The lowest BCUT2D eigenvalue weighted by Crippen LogP contribution is -1.98. The summed E-state index contributed by atoms with van der Waals surface area (Å²) in [6.07, 6.45) is 3.80. The second-order valence-corrected chi connectivity index (χ2v) is 5.44. The van der Waals surface area contributed by atoms with Gasteiger partial charge in [-0.25, -0.2) is 0 Å². The summed E-state index contributed by atoms with van der Waals surface area (Å²) in [5.41, 5.74) is 8.64. The Morgan fingerprint density at radius 2 is 1.32 bits per heavy atom. The minimum absolute atomic E-state index is 0.550. The molecule has 0 saturated carbocycles. The van der Waals surface area contributed by atoms with Gasteiger partial charge >= 0.3 is 7.49 Å². The topological polar surface area (TPSA) is 67.2 Å². The van der Waals surface area contributed by atoms with Crippen LogP contribution in [0.4, 0.5) is 0 Å². The Morgan fingerprint density at radius 3 is 1.68 bits per heavy atom. The number of nitrogens with zero attached hydrogens (tertiary/aromatic N) is 3. The molecule has 2 aromatic rings. The maximum Gasteiger partial charge on any atom is 0.304 e. The van der Waals surface area contributed by atoms with Crippen molar-refractivity contribution in [2.24, 2.45) is 4.88 Å². The van der Waals surface area contributed by atoms with Gasteiger partial charge in [0.15, 0.2) is 0 Å². The zero-order valence-electron chi connectivity index (χ0n) is 10.1. The second-order valence-electron chi connectivity index (χ2n) is 3.63. The fourth-order valence-corrected chi connectivity index (χ4v) is 2.54. The summed E-state index contributed by atoms with van der Waals surface area (Å²) < 4.78 is 11.2. The van der Waals surface area contributed by atoms with Gasteiger partial charge in [-0.05, 0) is 36.1 Å². The van der Waals surface area contributed by atoms with Gasteiger partial charge in [0.2, 0.25) is 0 Å². The lowest BCUT2D eigenvalue weighted by Gasteiger charge is -2.20. The van der Waals surface area contributed by atoms with Gasteiger partial charge in [0, 0.05) is 9.80 Å². The van der Waals surface area contributed by atoms with E-state index in [1.165, 1.54) is 0 Å². The SMILES string of the molecule is C=P(N=[N+]=[N-])(Oc1ccccc1)Oc1ccccc1. The van der Waals surface area contributed by atoms with E-state index in [-0.39, 0.29) is 0 Å². The molecule has 0 aliphatic heterocycles. The van der Waals surface area contributed by atoms with E-state index in [4.69, 9.17) is 14.6 Å². The molecule has 2 aromatic carbocycles. The first-order chi connectivity index (χ1) is 9.22. The minimum Gasteiger partial charge on any atom is -0.439 e. The fraction of sp³-hybridized carbons (Fsp3) is 0. The van der Waals surface area contributed by atoms with Gasteiger partial charge in [-0.15, -0.1) is 0 Å². The Kier molecular flexibility index (Phi) is 4.14. The highest BCUT2D eigenvalue weighted by molar-refractivity contribution is 7.63. The number of benzene rings is 2. The van der Waals surface area contributed by atoms with Crippen LogP contribution in [0.2, 0.25) is 0 Å². The van der Waals surface area contributed by atoms with Gasteiger partial charge in [-0.1, -0.05) is 36.4 Å². The Morgan fingerprint density at radius 1 is 0.895 bits per heavy atom. The highest BCUT2D eigenvalue weighted by Gasteiger charge is 2.17. The van der Waals surface area contributed by atoms with Crippen LogP contribution in [0.25, 0.3) is 10.4 Å². The van der Waals surface area contributed by atoms with Crippen molar-refractivity contribution in [2.45, 2.75) is 0 Å². The summed E-state index contributed by atoms with van der Waals surface area (Å²) >= 11 is 0. The summed E-state index contributed by atoms with van der Waals surface area (Å²) in [4.78, 5) is 6.34. The van der Waals surface area contributed by atoms with Gasteiger partial charge in [0.05, 0.1) is 0 Å². The molecular formula is C13H12N3O2P. The number of rotatable bonds is 5. The normalized spacial score (nSPS) is 10.3. The quantitative estimate of drug-likeness (QED) is 0.344. The van der Waals surface area contributed by atoms with Crippen LogP contribution >= 0.6 is 7.49 Å². The molecular weight excluding hydrogens is 261 g/mol. The van der Waals surface area contributed by atoms with E-state index in [0.717, 1.165) is 0 Å². The lowest BCUT2D eigenvalue weighted by molar-refractivity contribution is 0.485. The zero-order valence-corrected chi connectivity index (χ0v) is 11.0. The van der Waals surface area contributed by atoms with Crippen LogP contribution < -0.4 is 9.05 Å². The first-order valence-corrected chi connectivity index (χ1v) is 7.27. The fourth-order valence-electron chi connectivity index (χ4n) is 1.41. The third kappa shape index (κ3) is 3.81. The van der Waals surface area contributed by atoms with Gasteiger partial charge in [-0.3, -0.25) is 0 Å². The maximum absolute atomic E-state index is 8.64. The molecule has 0 radical (unpaired) electrons. The number of hydrogen-bond donors (Lipinski definition) is 0. The van der Waals surface area contributed by atoms with E-state index < -0.39 is 7.49 Å². The average Bonchev–Trinajstić information content (AvgIpc) is 2.41. The van der Waals surface area contributed by atoms with Gasteiger partial charge in [0.25, 0.3) is 0 Å². The number of para-hydroxylation sites is 2. The lowest BCUT2D eigenvalue weighted by atomic mass is 10.3. The largest absolute Gasteiger partial charge is 0.439 e. The molecule has 0 aromatic heterocycles. The van der Waals surface area contributed by atoms with E-state index in [1.54, 1.807) is 24.3 Å². The average molecular weight is 273 g/mol. The third-order valence-corrected chi connectivity index (χ3v) is 3.50. The summed E-state index contributed by atoms with van der Waals surface area (Å²) in [6, 6.07) is 18.0. The highest BCUT2D eigenvalue weighted by Crippen LogP contribution is 2.49. The van der Waals surface area contributed by atoms with Crippen molar-refractivity contribution in [3.05, 3.63) is 71.1 Å². The second kappa shape index (κ2) is 6.01. The van der Waals surface area contributed by atoms with Crippen LogP contribution in [-0.4, -0.2) is 6.30 Å². The van der Waals surface area contributed by atoms with Crippen molar-refractivity contribution in [2.75, 3.05) is 0 Å². The molecule has 0 heterocycles. The molecule has 6 heteroatoms. The predicted octanol–water partition coefficient (Wildman–Crippen LogP) is 4.65. The molecule has 0 unspecified atom stereocenters. The van der Waals surface area contributed by atoms with E-state index in [9.17, 15) is 0 Å². The molecule has 0 atom stereocenters. The van der Waals surface area contributed by atoms with Crippen LogP contribution in [0.1, 0.15) is 0 Å². The van der Waals surface area contributed by atoms with Crippen molar-refractivity contribution >= 4 is 13.8 Å². The van der Waals surface area contributed by atoms with Crippen LogP contribution in [-0.2, 0) is 0 Å². The molecule has 0 saturated heterocycles. The maximum atomic E-state index is 8.64. The molecule has 0 N–H and O–H groups in total. The number of hydrogen-bond acceptors (Lipinski definition) is 3. The van der Waals surface area contributed by atoms with Crippen molar-refractivity contribution in [3.63, 3.8) is 0 Å². The van der Waals surface area contributed by atoms with Crippen molar-refractivity contribution < 1.29 is 9.05 Å². The summed E-state index contributed by atoms with van der Waals surface area (Å²) in [5.74, 6) is 1.10. The Balaban J connectivity index is 2.23. The van der Waals surface area contributed by atoms with Crippen LogP contribution in [0.3, 0.4) is 0 Å². The van der Waals surface area contributed by atoms with Crippen LogP contribution in [0.15, 0.2) is 65.5 Å². The first-order valence-electron chi connectivity index (χ1n) is 5.51. The monoisotopic (exact) mass is 273 g/mol. The molecule has 2 rings (SSSR count). The molecule has 0 spiro atoms. The Labute approximate surface area is 111 Å². The summed E-state index contributed by atoms with van der Waals surface area (Å²) in [5, 5.41) is 0. The first kappa shape index (κ1) is 13.1. The van der Waals surface area contributed by atoms with Crippen LogP contribution in [0, 0.1) is 0 Å². The molecule has 0 aliphatic carbocycles. The van der Waals surface area contributed by atoms with Gasteiger partial charge in [-0.2, -0.15) is 0 Å². The molecule has 96 valence electrons. The third-order valence-electron chi connectivity index (χ3n) is 2.16. The van der Waals surface area contributed by atoms with E-state index >= 15 is 0 Å². The molecule has 0 aliphatic rings. The van der Waals surface area contributed by atoms with E-state index in [0.29, 0.717) is 11.5 Å². The molecule has 0 fully saturated rings. The van der Waals surface area contributed by atoms with Crippen LogP contribution in [0.5, 0.6) is 11.5 Å². The molecule has 0 bridgehead atoms. The van der Waals surface area contributed by atoms with Gasteiger partial charge in [0.1, 0.15) is 11.5 Å². The van der Waals surface area contributed by atoms with Crippen molar-refractivity contribution in [1.82, 2.24) is 0 Å². The molecule has 0 amide bonds. The summed E-state index contributed by atoms with van der Waals surface area (Å²) in [7, 11) is -2.95. The minimum atomic E-state index is -2.95. The summed E-state index contributed by atoms with van der Waals surface area (Å²) in [6.45, 7) is 0. The highest BCUT2D eigenvalue weighted by atomic mass is 31.2. The Hall–Kier alpha value is -2.35. The van der Waals surface area contributed by atoms with Crippen molar-refractivity contribution in [3.8, 4) is 11.5 Å². The van der Waals surface area contributed by atoms with E-state index in [2.05, 4.69) is 16.1 Å². The van der Waals surface area contributed by atoms with Crippen molar-refractivity contribution in [1.29, 1.82) is 0 Å². The Bertz CT molecular complexity index is 579. The van der Waals surface area contributed by atoms with Gasteiger partial charge < -0.3 is 9.05 Å².